The van der Waals surface area contributed by atoms with Gasteiger partial charge < -0.3 is 14.3 Å². The molecule has 0 aromatic heterocycles. The van der Waals surface area contributed by atoms with Gasteiger partial charge in [-0.25, -0.2) is 4.79 Å². The standard InChI is InChI=1S/C27H24ClNO5/c1-33-25-22-5-3-4-6-23(22)29(26(25)31)24-15-20(28)13-14-21(24)19(16-30)12-9-17-7-10-18(11-8-17)27(32)34-2/h3-8,10-11,13-16,19,25H,9,12H2,1-2H3. The van der Waals surface area contributed by atoms with Gasteiger partial charge in [-0.3, -0.25) is 9.69 Å². The van der Waals surface area contributed by atoms with Crippen LogP contribution in [0.25, 0.3) is 0 Å². The lowest BCUT2D eigenvalue weighted by atomic mass is 9.91. The molecule has 1 amide bonds. The topological polar surface area (TPSA) is 72.9 Å². The van der Waals surface area contributed by atoms with Crippen molar-refractivity contribution in [3.05, 3.63) is 94.0 Å². The van der Waals surface area contributed by atoms with Crippen molar-refractivity contribution in [3.8, 4) is 0 Å². The first-order valence-corrected chi connectivity index (χ1v) is 11.2. The minimum absolute atomic E-state index is 0.227. The average Bonchev–Trinajstić information content (AvgIpc) is 3.15. The second kappa shape index (κ2) is 10.2. The molecule has 0 fully saturated rings. The molecule has 7 heteroatoms. The number of hydrogen-bond acceptors (Lipinski definition) is 5. The molecule has 0 saturated carbocycles. The number of halogens is 1. The molecule has 1 aliphatic rings. The highest BCUT2D eigenvalue weighted by molar-refractivity contribution is 6.31. The van der Waals surface area contributed by atoms with E-state index in [2.05, 4.69) is 0 Å². The summed E-state index contributed by atoms with van der Waals surface area (Å²) in [4.78, 5) is 38.7. The number of methoxy groups -OCH3 is 2. The molecule has 0 spiro atoms. The summed E-state index contributed by atoms with van der Waals surface area (Å²) in [6.07, 6.45) is 1.31. The molecule has 6 nitrogen and oxygen atoms in total. The molecule has 2 atom stereocenters. The van der Waals surface area contributed by atoms with Crippen LogP contribution in [0.4, 0.5) is 11.4 Å². The SMILES string of the molecule is COC(=O)c1ccc(CCC(C=O)c2ccc(Cl)cc2N2C(=O)C(OC)c3ccccc32)cc1. The smallest absolute Gasteiger partial charge is 0.337 e. The van der Waals surface area contributed by atoms with Gasteiger partial charge in [-0.2, -0.15) is 0 Å². The first kappa shape index (κ1) is 23.7. The zero-order valence-corrected chi connectivity index (χ0v) is 19.6. The highest BCUT2D eigenvalue weighted by atomic mass is 35.5. The number of anilines is 2. The average molecular weight is 478 g/mol. The Morgan fingerprint density at radius 3 is 2.47 bits per heavy atom. The maximum atomic E-state index is 13.3. The van der Waals surface area contributed by atoms with Gasteiger partial charge in [-0.05, 0) is 54.3 Å². The van der Waals surface area contributed by atoms with Gasteiger partial charge in [0.1, 0.15) is 6.29 Å². The van der Waals surface area contributed by atoms with Gasteiger partial charge in [0.15, 0.2) is 6.10 Å². The molecule has 174 valence electrons. The van der Waals surface area contributed by atoms with Crippen LogP contribution in [-0.4, -0.2) is 32.4 Å². The van der Waals surface area contributed by atoms with E-state index in [1.165, 1.54) is 14.2 Å². The fourth-order valence-corrected chi connectivity index (χ4v) is 4.49. The maximum absolute atomic E-state index is 13.3. The monoisotopic (exact) mass is 477 g/mol. The molecule has 1 aliphatic heterocycles. The zero-order chi connectivity index (χ0) is 24.2. The van der Waals surface area contributed by atoms with Crippen LogP contribution in [0, 0.1) is 0 Å². The number of hydrogen-bond donors (Lipinski definition) is 0. The summed E-state index contributed by atoms with van der Waals surface area (Å²) in [6, 6.07) is 19.8. The number of benzene rings is 3. The molecule has 4 rings (SSSR count). The van der Waals surface area contributed by atoms with Crippen molar-refractivity contribution in [3.63, 3.8) is 0 Å². The highest BCUT2D eigenvalue weighted by Crippen LogP contribution is 2.45. The minimum Gasteiger partial charge on any atom is -0.465 e. The predicted molar refractivity (Wildman–Crippen MR) is 130 cm³/mol. The van der Waals surface area contributed by atoms with Crippen LogP contribution in [0.5, 0.6) is 0 Å². The Hall–Kier alpha value is -3.48. The summed E-state index contributed by atoms with van der Waals surface area (Å²) in [5.74, 6) is -1.09. The Morgan fingerprint density at radius 1 is 1.06 bits per heavy atom. The van der Waals surface area contributed by atoms with Crippen LogP contribution < -0.4 is 4.90 Å². The van der Waals surface area contributed by atoms with Gasteiger partial charge in [0.25, 0.3) is 5.91 Å². The van der Waals surface area contributed by atoms with E-state index in [0.717, 1.165) is 17.4 Å². The fraction of sp³-hybridized carbons (Fsp3) is 0.222. The molecule has 0 N–H and O–H groups in total. The largest absolute Gasteiger partial charge is 0.465 e. The predicted octanol–water partition coefficient (Wildman–Crippen LogP) is 5.41. The lowest BCUT2D eigenvalue weighted by Crippen LogP contribution is -2.26. The summed E-state index contributed by atoms with van der Waals surface area (Å²) < 4.78 is 10.2. The van der Waals surface area contributed by atoms with E-state index in [-0.39, 0.29) is 5.91 Å². The van der Waals surface area contributed by atoms with Crippen LogP contribution in [0.2, 0.25) is 5.02 Å². The quantitative estimate of drug-likeness (QED) is 0.320. The molecule has 2 unspecified atom stereocenters. The number of para-hydroxylation sites is 1. The summed E-state index contributed by atoms with van der Waals surface area (Å²) in [6.45, 7) is 0. The third-order valence-electron chi connectivity index (χ3n) is 6.06. The normalized spacial score (nSPS) is 15.7. The molecule has 0 bridgehead atoms. The second-order valence-electron chi connectivity index (χ2n) is 8.02. The van der Waals surface area contributed by atoms with Crippen LogP contribution >= 0.6 is 11.6 Å². The highest BCUT2D eigenvalue weighted by Gasteiger charge is 2.39. The summed E-state index contributed by atoms with van der Waals surface area (Å²) in [7, 11) is 2.84. The number of amides is 1. The Kier molecular flexibility index (Phi) is 7.10. The van der Waals surface area contributed by atoms with E-state index in [4.69, 9.17) is 21.1 Å². The fourth-order valence-electron chi connectivity index (χ4n) is 4.33. The van der Waals surface area contributed by atoms with E-state index in [9.17, 15) is 14.4 Å². The minimum atomic E-state index is -0.717. The molecule has 3 aromatic carbocycles. The number of esters is 1. The summed E-state index contributed by atoms with van der Waals surface area (Å²) >= 11 is 6.32. The van der Waals surface area contributed by atoms with Crippen LogP contribution in [0.3, 0.4) is 0 Å². The molecule has 3 aromatic rings. The molecular weight excluding hydrogens is 454 g/mol. The molecule has 0 radical (unpaired) electrons. The zero-order valence-electron chi connectivity index (χ0n) is 18.9. The van der Waals surface area contributed by atoms with Crippen molar-refractivity contribution in [2.45, 2.75) is 24.9 Å². The number of ether oxygens (including phenoxy) is 2. The lowest BCUT2D eigenvalue weighted by Gasteiger charge is -2.24. The first-order valence-electron chi connectivity index (χ1n) is 10.9. The lowest BCUT2D eigenvalue weighted by molar-refractivity contribution is -0.126. The van der Waals surface area contributed by atoms with E-state index >= 15 is 0 Å². The van der Waals surface area contributed by atoms with Gasteiger partial charge in [0.2, 0.25) is 0 Å². The van der Waals surface area contributed by atoms with Crippen LogP contribution in [-0.2, 0) is 25.5 Å². The second-order valence-corrected chi connectivity index (χ2v) is 8.46. The van der Waals surface area contributed by atoms with Gasteiger partial charge in [0.05, 0.1) is 24.0 Å². The Labute approximate surface area is 203 Å². The molecular formula is C27H24ClNO5. The third kappa shape index (κ3) is 4.47. The van der Waals surface area contributed by atoms with Crippen LogP contribution in [0.1, 0.15) is 45.5 Å². The van der Waals surface area contributed by atoms with Crippen molar-refractivity contribution >= 4 is 41.1 Å². The number of rotatable bonds is 8. The number of nitrogens with zero attached hydrogens (tertiary/aromatic N) is 1. The number of aldehydes is 1. The number of fused-ring (bicyclic) bond motifs is 1. The molecule has 34 heavy (non-hydrogen) atoms. The van der Waals surface area contributed by atoms with Gasteiger partial charge in [-0.1, -0.05) is 48.0 Å². The van der Waals surface area contributed by atoms with E-state index < -0.39 is 18.0 Å². The maximum Gasteiger partial charge on any atom is 0.337 e. The van der Waals surface area contributed by atoms with E-state index in [1.54, 1.807) is 35.2 Å². The number of aryl methyl sites for hydroxylation is 1. The Bertz CT molecular complexity index is 1220. The molecule has 0 saturated heterocycles. The van der Waals surface area contributed by atoms with Crippen molar-refractivity contribution in [2.24, 2.45) is 0 Å². The van der Waals surface area contributed by atoms with Gasteiger partial charge in [-0.15, -0.1) is 0 Å². The Morgan fingerprint density at radius 2 is 1.79 bits per heavy atom. The Balaban J connectivity index is 1.64. The van der Waals surface area contributed by atoms with Gasteiger partial charge in [0, 0.05) is 23.6 Å². The first-order chi connectivity index (χ1) is 16.5. The number of carbonyl (C=O) groups excluding carboxylic acids is 3. The van der Waals surface area contributed by atoms with Crippen molar-refractivity contribution in [2.75, 3.05) is 19.1 Å². The summed E-state index contributed by atoms with van der Waals surface area (Å²) in [5.41, 5.74) is 4.22. The molecule has 1 heterocycles. The number of carbonyl (C=O) groups is 3. The summed E-state index contributed by atoms with van der Waals surface area (Å²) in [5, 5.41) is 0.466. The van der Waals surface area contributed by atoms with Crippen molar-refractivity contribution < 1.29 is 23.9 Å². The van der Waals surface area contributed by atoms with Crippen molar-refractivity contribution in [1.82, 2.24) is 0 Å². The third-order valence-corrected chi connectivity index (χ3v) is 6.29. The van der Waals surface area contributed by atoms with Crippen LogP contribution in [0.15, 0.2) is 66.7 Å². The molecule has 0 aliphatic carbocycles. The van der Waals surface area contributed by atoms with Gasteiger partial charge >= 0.3 is 5.97 Å². The van der Waals surface area contributed by atoms with E-state index in [0.29, 0.717) is 40.4 Å². The van der Waals surface area contributed by atoms with Crippen molar-refractivity contribution in [1.29, 1.82) is 0 Å². The van der Waals surface area contributed by atoms with E-state index in [1.807, 2.05) is 36.4 Å².